The third-order valence-corrected chi connectivity index (χ3v) is 3.20. The number of aromatic hydroxyl groups is 1. The molecule has 88 valence electrons. The van der Waals surface area contributed by atoms with Gasteiger partial charge in [0.15, 0.2) is 0 Å². The van der Waals surface area contributed by atoms with E-state index in [1.54, 1.807) is 24.3 Å². The monoisotopic (exact) mass is 250 g/mol. The highest BCUT2D eigenvalue weighted by molar-refractivity contribution is 7.85. The van der Waals surface area contributed by atoms with Crippen molar-refractivity contribution in [1.29, 1.82) is 0 Å². The molecule has 0 aliphatic heterocycles. The normalized spacial score (nSPS) is 11.4. The van der Waals surface area contributed by atoms with E-state index in [0.29, 0.717) is 11.1 Å². The summed E-state index contributed by atoms with van der Waals surface area (Å²) in [5.41, 5.74) is 1.04. The topological polar surface area (TPSA) is 74.6 Å². The lowest BCUT2D eigenvalue weighted by Crippen LogP contribution is -1.97. The molecule has 0 saturated carbocycles. The maximum absolute atomic E-state index is 11.0. The first-order chi connectivity index (χ1) is 7.98. The molecule has 0 atom stereocenters. The summed E-state index contributed by atoms with van der Waals surface area (Å²) >= 11 is 0. The van der Waals surface area contributed by atoms with Gasteiger partial charge >= 0.3 is 0 Å². The summed E-state index contributed by atoms with van der Waals surface area (Å²) in [6.45, 7) is 0. The van der Waals surface area contributed by atoms with Crippen molar-refractivity contribution >= 4 is 10.1 Å². The van der Waals surface area contributed by atoms with Crippen LogP contribution in [-0.2, 0) is 10.1 Å². The van der Waals surface area contributed by atoms with Gasteiger partial charge in [-0.05, 0) is 23.8 Å². The number of hydrogen-bond acceptors (Lipinski definition) is 3. The van der Waals surface area contributed by atoms with Gasteiger partial charge in [0.1, 0.15) is 5.75 Å². The van der Waals surface area contributed by atoms with E-state index in [2.05, 4.69) is 0 Å². The van der Waals surface area contributed by atoms with Gasteiger partial charge in [-0.15, -0.1) is 0 Å². The van der Waals surface area contributed by atoms with Crippen molar-refractivity contribution < 1.29 is 18.1 Å². The van der Waals surface area contributed by atoms with Gasteiger partial charge in [-0.25, -0.2) is 0 Å². The zero-order valence-electron chi connectivity index (χ0n) is 8.74. The summed E-state index contributed by atoms with van der Waals surface area (Å²) < 4.78 is 30.9. The van der Waals surface area contributed by atoms with Gasteiger partial charge < -0.3 is 5.11 Å². The fourth-order valence-corrected chi connectivity index (χ4v) is 2.03. The lowest BCUT2D eigenvalue weighted by Gasteiger charge is -2.06. The van der Waals surface area contributed by atoms with Crippen molar-refractivity contribution in [1.82, 2.24) is 0 Å². The molecule has 2 N–H and O–H groups in total. The number of benzene rings is 2. The summed E-state index contributed by atoms with van der Waals surface area (Å²) in [5.74, 6) is -0.0383. The maximum atomic E-state index is 11.0. The molecule has 0 aliphatic rings. The van der Waals surface area contributed by atoms with E-state index in [1.807, 2.05) is 6.07 Å². The summed E-state index contributed by atoms with van der Waals surface area (Å²) in [5, 5.41) is 9.68. The van der Waals surface area contributed by atoms with Crippen LogP contribution >= 0.6 is 0 Å². The minimum Gasteiger partial charge on any atom is -0.507 e. The zero-order chi connectivity index (χ0) is 12.5. The molecule has 0 aliphatic carbocycles. The Morgan fingerprint density at radius 3 is 2.18 bits per heavy atom. The Morgan fingerprint density at radius 2 is 1.59 bits per heavy atom. The van der Waals surface area contributed by atoms with Crippen LogP contribution in [0.25, 0.3) is 11.1 Å². The third-order valence-electron chi connectivity index (χ3n) is 2.35. The molecule has 0 fully saturated rings. The first-order valence-corrected chi connectivity index (χ1v) is 6.28. The quantitative estimate of drug-likeness (QED) is 0.802. The summed E-state index contributed by atoms with van der Waals surface area (Å²) in [7, 11) is -4.26. The number of rotatable bonds is 2. The van der Waals surface area contributed by atoms with Gasteiger partial charge in [-0.3, -0.25) is 4.55 Å². The van der Waals surface area contributed by atoms with E-state index in [1.165, 1.54) is 12.1 Å². The first-order valence-electron chi connectivity index (χ1n) is 4.84. The highest BCUT2D eigenvalue weighted by Crippen LogP contribution is 2.30. The number of phenolic OH excluding ortho intramolecular Hbond substituents is 1. The van der Waals surface area contributed by atoms with Crippen LogP contribution in [0, 0.1) is 0 Å². The fourth-order valence-electron chi connectivity index (χ4n) is 1.52. The Bertz CT molecular complexity index is 633. The molecule has 2 aromatic rings. The van der Waals surface area contributed by atoms with Crippen LogP contribution in [0.4, 0.5) is 0 Å². The van der Waals surface area contributed by atoms with Crippen LogP contribution in [-0.4, -0.2) is 18.1 Å². The smallest absolute Gasteiger partial charge is 0.294 e. The van der Waals surface area contributed by atoms with Crippen molar-refractivity contribution in [2.45, 2.75) is 4.90 Å². The van der Waals surface area contributed by atoms with Crippen molar-refractivity contribution in [2.24, 2.45) is 0 Å². The second kappa shape index (κ2) is 4.20. The largest absolute Gasteiger partial charge is 0.507 e. The Hall–Kier alpha value is -1.85. The van der Waals surface area contributed by atoms with Gasteiger partial charge in [-0.2, -0.15) is 8.42 Å². The molecular weight excluding hydrogens is 240 g/mol. The number of hydrogen-bond donors (Lipinski definition) is 2. The lowest BCUT2D eigenvalue weighted by molar-refractivity contribution is 0.474. The highest BCUT2D eigenvalue weighted by Gasteiger charge is 2.13. The van der Waals surface area contributed by atoms with Crippen molar-refractivity contribution in [3.63, 3.8) is 0 Å². The van der Waals surface area contributed by atoms with Crippen molar-refractivity contribution in [2.75, 3.05) is 0 Å². The van der Waals surface area contributed by atoms with Gasteiger partial charge in [0, 0.05) is 5.56 Å². The second-order valence-electron chi connectivity index (χ2n) is 3.52. The molecule has 0 aromatic heterocycles. The summed E-state index contributed by atoms with van der Waals surface area (Å²) in [4.78, 5) is -0.242. The van der Waals surface area contributed by atoms with E-state index < -0.39 is 10.1 Å². The van der Waals surface area contributed by atoms with E-state index in [0.717, 1.165) is 6.07 Å². The van der Waals surface area contributed by atoms with E-state index in [4.69, 9.17) is 4.55 Å². The van der Waals surface area contributed by atoms with Crippen molar-refractivity contribution in [3.8, 4) is 16.9 Å². The molecule has 0 heterocycles. The van der Waals surface area contributed by atoms with E-state index in [-0.39, 0.29) is 10.6 Å². The minimum absolute atomic E-state index is 0.0383. The Kier molecular flexibility index (Phi) is 2.87. The lowest BCUT2D eigenvalue weighted by atomic mass is 10.1. The molecule has 5 heteroatoms. The van der Waals surface area contributed by atoms with Crippen LogP contribution in [0.2, 0.25) is 0 Å². The van der Waals surface area contributed by atoms with Crippen molar-refractivity contribution in [3.05, 3.63) is 48.5 Å². The average molecular weight is 250 g/mol. The molecule has 0 unspecified atom stereocenters. The molecule has 0 spiro atoms. The van der Waals surface area contributed by atoms with Crippen LogP contribution in [0.3, 0.4) is 0 Å². The summed E-state index contributed by atoms with van der Waals surface area (Å²) in [6, 6.07) is 12.5. The molecule has 17 heavy (non-hydrogen) atoms. The highest BCUT2D eigenvalue weighted by atomic mass is 32.2. The minimum atomic E-state index is -4.26. The molecule has 0 radical (unpaired) electrons. The average Bonchev–Trinajstić information content (AvgIpc) is 2.29. The van der Waals surface area contributed by atoms with Gasteiger partial charge in [0.2, 0.25) is 0 Å². The zero-order valence-corrected chi connectivity index (χ0v) is 9.55. The van der Waals surface area contributed by atoms with Crippen LogP contribution in [0.15, 0.2) is 53.4 Å². The Labute approximate surface area is 98.9 Å². The molecule has 2 aromatic carbocycles. The molecule has 0 bridgehead atoms. The molecular formula is C12H10O4S. The Morgan fingerprint density at radius 1 is 0.941 bits per heavy atom. The summed E-state index contributed by atoms with van der Waals surface area (Å²) in [6.07, 6.45) is 0. The van der Waals surface area contributed by atoms with Gasteiger partial charge in [0.25, 0.3) is 10.1 Å². The predicted octanol–water partition coefficient (Wildman–Crippen LogP) is 2.31. The van der Waals surface area contributed by atoms with Gasteiger partial charge in [0.05, 0.1) is 4.90 Å². The standard InChI is InChI=1S/C12H10O4S/c13-12-7-6-10(17(14,15)16)8-11(12)9-4-2-1-3-5-9/h1-8,13H,(H,14,15,16). The van der Waals surface area contributed by atoms with Crippen LogP contribution in [0.1, 0.15) is 0 Å². The first kappa shape index (κ1) is 11.6. The molecule has 0 saturated heterocycles. The molecule has 0 amide bonds. The van der Waals surface area contributed by atoms with Crippen LogP contribution < -0.4 is 0 Å². The molecule has 4 nitrogen and oxygen atoms in total. The van der Waals surface area contributed by atoms with E-state index >= 15 is 0 Å². The third kappa shape index (κ3) is 2.46. The predicted molar refractivity (Wildman–Crippen MR) is 63.4 cm³/mol. The SMILES string of the molecule is O=S(=O)(O)c1ccc(O)c(-c2ccccc2)c1. The fraction of sp³-hybridized carbons (Fsp3) is 0. The number of phenols is 1. The Balaban J connectivity index is 2.63. The second-order valence-corrected chi connectivity index (χ2v) is 4.94. The van der Waals surface area contributed by atoms with Crippen LogP contribution in [0.5, 0.6) is 5.75 Å². The van der Waals surface area contributed by atoms with E-state index in [9.17, 15) is 13.5 Å². The molecule has 2 rings (SSSR count). The maximum Gasteiger partial charge on any atom is 0.294 e. The van der Waals surface area contributed by atoms with Gasteiger partial charge in [-0.1, -0.05) is 30.3 Å².